The number of nitrogens with one attached hydrogen (secondary N) is 1. The van der Waals surface area contributed by atoms with E-state index < -0.39 is 0 Å². The summed E-state index contributed by atoms with van der Waals surface area (Å²) in [5, 5.41) is 5.03. The number of hydrogen-bond donors (Lipinski definition) is 1. The molecule has 1 fully saturated rings. The van der Waals surface area contributed by atoms with Crippen molar-refractivity contribution in [2.45, 2.75) is 18.9 Å². The second kappa shape index (κ2) is 4.80. The molecule has 1 aromatic heterocycles. The first-order valence-electron chi connectivity index (χ1n) is 5.73. The van der Waals surface area contributed by atoms with Gasteiger partial charge in [-0.25, -0.2) is 4.98 Å². The van der Waals surface area contributed by atoms with Crippen LogP contribution in [-0.4, -0.2) is 24.2 Å². The summed E-state index contributed by atoms with van der Waals surface area (Å²) < 4.78 is 6.68. The van der Waals surface area contributed by atoms with Gasteiger partial charge in [0.2, 0.25) is 0 Å². The minimum absolute atomic E-state index is 0.339. The van der Waals surface area contributed by atoms with Gasteiger partial charge in [-0.3, -0.25) is 0 Å². The molecule has 5 heteroatoms. The molecule has 0 radical (unpaired) electrons. The Balaban J connectivity index is 1.72. The predicted molar refractivity (Wildman–Crippen MR) is 72.1 cm³/mol. The van der Waals surface area contributed by atoms with E-state index in [2.05, 4.69) is 10.3 Å². The number of ether oxygens (including phenoxy) is 1. The molecule has 1 atom stereocenters. The lowest BCUT2D eigenvalue weighted by Gasteiger charge is -2.08. The number of rotatable bonds is 3. The molecule has 0 amide bonds. The van der Waals surface area contributed by atoms with Crippen LogP contribution in [0.1, 0.15) is 12.8 Å². The lowest BCUT2D eigenvalue weighted by atomic mass is 10.2. The SMILES string of the molecule is Clc1ccc2nc(NCC3CCCO3)sc2c1. The Bertz CT molecular complexity index is 522. The van der Waals surface area contributed by atoms with Crippen molar-refractivity contribution in [3.8, 4) is 0 Å². The van der Waals surface area contributed by atoms with Gasteiger partial charge in [0.25, 0.3) is 0 Å². The number of nitrogens with zero attached hydrogens (tertiary/aromatic N) is 1. The van der Waals surface area contributed by atoms with Gasteiger partial charge in [0.15, 0.2) is 5.13 Å². The number of benzene rings is 1. The molecular weight excluding hydrogens is 256 g/mol. The molecule has 0 spiro atoms. The number of thiazole rings is 1. The average molecular weight is 269 g/mol. The van der Waals surface area contributed by atoms with Crippen molar-refractivity contribution in [3.63, 3.8) is 0 Å². The number of halogens is 1. The minimum atomic E-state index is 0.339. The van der Waals surface area contributed by atoms with Crippen molar-refractivity contribution < 1.29 is 4.74 Å². The molecule has 0 bridgehead atoms. The molecule has 2 heterocycles. The van der Waals surface area contributed by atoms with Crippen molar-refractivity contribution in [1.29, 1.82) is 0 Å². The van der Waals surface area contributed by atoms with Crippen molar-refractivity contribution >= 4 is 38.3 Å². The van der Waals surface area contributed by atoms with E-state index in [1.807, 2.05) is 18.2 Å². The van der Waals surface area contributed by atoms with Crippen LogP contribution in [0.5, 0.6) is 0 Å². The quantitative estimate of drug-likeness (QED) is 0.925. The summed E-state index contributed by atoms with van der Waals surface area (Å²) in [6.45, 7) is 1.73. The summed E-state index contributed by atoms with van der Waals surface area (Å²) in [6, 6.07) is 5.77. The van der Waals surface area contributed by atoms with Crippen molar-refractivity contribution in [2.24, 2.45) is 0 Å². The third kappa shape index (κ3) is 2.54. The van der Waals surface area contributed by atoms with E-state index in [1.54, 1.807) is 11.3 Å². The van der Waals surface area contributed by atoms with Gasteiger partial charge in [0.05, 0.1) is 16.3 Å². The summed E-state index contributed by atoms with van der Waals surface area (Å²) in [4.78, 5) is 4.51. The van der Waals surface area contributed by atoms with Crippen LogP contribution in [0.25, 0.3) is 10.2 Å². The predicted octanol–water partition coefficient (Wildman–Crippen LogP) is 3.54. The van der Waals surface area contributed by atoms with E-state index in [9.17, 15) is 0 Å². The van der Waals surface area contributed by atoms with Gasteiger partial charge in [-0.1, -0.05) is 22.9 Å². The number of aromatic nitrogens is 1. The van der Waals surface area contributed by atoms with Gasteiger partial charge in [-0.2, -0.15) is 0 Å². The monoisotopic (exact) mass is 268 g/mol. The molecule has 1 saturated heterocycles. The van der Waals surface area contributed by atoms with E-state index in [-0.39, 0.29) is 0 Å². The van der Waals surface area contributed by atoms with E-state index >= 15 is 0 Å². The lowest BCUT2D eigenvalue weighted by molar-refractivity contribution is 0.120. The van der Waals surface area contributed by atoms with Crippen LogP contribution in [0.15, 0.2) is 18.2 Å². The van der Waals surface area contributed by atoms with Crippen molar-refractivity contribution in [2.75, 3.05) is 18.5 Å². The first-order valence-corrected chi connectivity index (χ1v) is 6.92. The Labute approximate surface area is 109 Å². The Morgan fingerprint density at radius 3 is 3.29 bits per heavy atom. The molecule has 90 valence electrons. The fourth-order valence-electron chi connectivity index (χ4n) is 1.98. The molecule has 1 aromatic carbocycles. The third-order valence-corrected chi connectivity index (χ3v) is 4.07. The molecule has 0 saturated carbocycles. The number of fused-ring (bicyclic) bond motifs is 1. The van der Waals surface area contributed by atoms with Crippen LogP contribution in [0, 0.1) is 0 Å². The third-order valence-electron chi connectivity index (χ3n) is 2.86. The highest BCUT2D eigenvalue weighted by Gasteiger charge is 2.15. The smallest absolute Gasteiger partial charge is 0.183 e. The van der Waals surface area contributed by atoms with Crippen LogP contribution < -0.4 is 5.32 Å². The molecule has 3 nitrogen and oxygen atoms in total. The maximum absolute atomic E-state index is 5.95. The lowest BCUT2D eigenvalue weighted by Crippen LogP contribution is -2.18. The fourth-order valence-corrected chi connectivity index (χ4v) is 3.13. The zero-order chi connectivity index (χ0) is 11.7. The highest BCUT2D eigenvalue weighted by molar-refractivity contribution is 7.22. The van der Waals surface area contributed by atoms with Gasteiger partial charge >= 0.3 is 0 Å². The molecule has 0 aliphatic carbocycles. The fraction of sp³-hybridized carbons (Fsp3) is 0.417. The molecule has 1 N–H and O–H groups in total. The van der Waals surface area contributed by atoms with Gasteiger partial charge < -0.3 is 10.1 Å². The van der Waals surface area contributed by atoms with Crippen molar-refractivity contribution in [3.05, 3.63) is 23.2 Å². The largest absolute Gasteiger partial charge is 0.376 e. The Morgan fingerprint density at radius 2 is 2.47 bits per heavy atom. The average Bonchev–Trinajstić information content (AvgIpc) is 2.94. The summed E-state index contributed by atoms with van der Waals surface area (Å²) in [6.07, 6.45) is 2.65. The van der Waals surface area contributed by atoms with E-state index in [4.69, 9.17) is 16.3 Å². The summed E-state index contributed by atoms with van der Waals surface area (Å²) in [7, 11) is 0. The molecule has 2 aromatic rings. The maximum atomic E-state index is 5.95. The summed E-state index contributed by atoms with van der Waals surface area (Å²) in [5.74, 6) is 0. The van der Waals surface area contributed by atoms with E-state index in [0.717, 1.165) is 39.9 Å². The Morgan fingerprint density at radius 1 is 1.53 bits per heavy atom. The highest BCUT2D eigenvalue weighted by Crippen LogP contribution is 2.28. The van der Waals surface area contributed by atoms with Crippen LogP contribution in [0.3, 0.4) is 0 Å². The zero-order valence-electron chi connectivity index (χ0n) is 9.28. The van der Waals surface area contributed by atoms with Gasteiger partial charge in [0, 0.05) is 18.2 Å². The minimum Gasteiger partial charge on any atom is -0.376 e. The van der Waals surface area contributed by atoms with Crippen LogP contribution in [-0.2, 0) is 4.74 Å². The standard InChI is InChI=1S/C12H13ClN2OS/c13-8-3-4-10-11(6-8)17-12(15-10)14-7-9-2-1-5-16-9/h3-4,6,9H,1-2,5,7H2,(H,14,15). The molecule has 3 rings (SSSR count). The molecule has 1 unspecified atom stereocenters. The van der Waals surface area contributed by atoms with Gasteiger partial charge in [-0.05, 0) is 31.0 Å². The highest BCUT2D eigenvalue weighted by atomic mass is 35.5. The maximum Gasteiger partial charge on any atom is 0.183 e. The van der Waals surface area contributed by atoms with Crippen LogP contribution >= 0.6 is 22.9 Å². The van der Waals surface area contributed by atoms with Gasteiger partial charge in [0.1, 0.15) is 0 Å². The van der Waals surface area contributed by atoms with Crippen LogP contribution in [0.2, 0.25) is 5.02 Å². The first-order chi connectivity index (χ1) is 8.31. The topological polar surface area (TPSA) is 34.2 Å². The molecule has 1 aliphatic rings. The number of hydrogen-bond acceptors (Lipinski definition) is 4. The van der Waals surface area contributed by atoms with E-state index in [0.29, 0.717) is 6.10 Å². The van der Waals surface area contributed by atoms with Crippen LogP contribution in [0.4, 0.5) is 5.13 Å². The molecule has 1 aliphatic heterocycles. The summed E-state index contributed by atoms with van der Waals surface area (Å²) in [5.41, 5.74) is 0.995. The van der Waals surface area contributed by atoms with Gasteiger partial charge in [-0.15, -0.1) is 0 Å². The second-order valence-electron chi connectivity index (χ2n) is 4.15. The second-order valence-corrected chi connectivity index (χ2v) is 5.61. The number of anilines is 1. The molecular formula is C12H13ClN2OS. The Hall–Kier alpha value is -0.840. The molecule has 17 heavy (non-hydrogen) atoms. The first kappa shape index (κ1) is 11.3. The summed E-state index contributed by atoms with van der Waals surface area (Å²) >= 11 is 7.58. The van der Waals surface area contributed by atoms with E-state index in [1.165, 1.54) is 6.42 Å². The van der Waals surface area contributed by atoms with Crippen molar-refractivity contribution in [1.82, 2.24) is 4.98 Å². The Kier molecular flexibility index (Phi) is 3.18. The normalized spacial score (nSPS) is 19.9. The zero-order valence-corrected chi connectivity index (χ0v) is 10.9.